The van der Waals surface area contributed by atoms with Gasteiger partial charge in [0.15, 0.2) is 0 Å². The third-order valence-corrected chi connectivity index (χ3v) is 2.58. The van der Waals surface area contributed by atoms with Gasteiger partial charge in [-0.25, -0.2) is 0 Å². The fourth-order valence-electron chi connectivity index (χ4n) is 1.97. The molecule has 3 atom stereocenters. The molecular formula is C8H12O. The van der Waals surface area contributed by atoms with Gasteiger partial charge in [0.05, 0.1) is 6.10 Å². The maximum Gasteiger partial charge on any atom is 0.0749 e. The van der Waals surface area contributed by atoms with Crippen LogP contribution in [-0.2, 0) is 0 Å². The summed E-state index contributed by atoms with van der Waals surface area (Å²) in [5, 5.41) is 9.31. The van der Waals surface area contributed by atoms with Crippen LogP contribution in [0.2, 0.25) is 0 Å². The van der Waals surface area contributed by atoms with Crippen molar-refractivity contribution >= 4 is 0 Å². The molecule has 0 spiro atoms. The second-order valence-corrected chi connectivity index (χ2v) is 3.21. The third kappa shape index (κ3) is 0.799. The molecule has 0 heterocycles. The molecule has 0 amide bonds. The first-order chi connectivity index (χ1) is 4.36. The van der Waals surface area contributed by atoms with E-state index >= 15 is 0 Å². The molecule has 1 saturated carbocycles. The highest BCUT2D eigenvalue weighted by atomic mass is 16.3. The molecule has 0 radical (unpaired) electrons. The molecule has 0 unspecified atom stereocenters. The summed E-state index contributed by atoms with van der Waals surface area (Å²) in [4.78, 5) is 0. The van der Waals surface area contributed by atoms with Gasteiger partial charge in [0.25, 0.3) is 0 Å². The van der Waals surface area contributed by atoms with Crippen LogP contribution in [0.5, 0.6) is 0 Å². The lowest BCUT2D eigenvalue weighted by Gasteiger charge is -2.17. The number of fused-ring (bicyclic) bond motifs is 2. The summed E-state index contributed by atoms with van der Waals surface area (Å²) < 4.78 is 0. The van der Waals surface area contributed by atoms with Gasteiger partial charge in [-0.05, 0) is 31.1 Å². The lowest BCUT2D eigenvalue weighted by Crippen LogP contribution is -2.17. The van der Waals surface area contributed by atoms with Crippen LogP contribution in [0.15, 0.2) is 12.2 Å². The number of hydrogen-bond donors (Lipinski definition) is 1. The van der Waals surface area contributed by atoms with Crippen molar-refractivity contribution < 1.29 is 5.11 Å². The van der Waals surface area contributed by atoms with Gasteiger partial charge >= 0.3 is 0 Å². The predicted molar refractivity (Wildman–Crippen MR) is 36.0 cm³/mol. The van der Waals surface area contributed by atoms with Gasteiger partial charge in [0.2, 0.25) is 0 Å². The first kappa shape index (κ1) is 5.48. The second-order valence-electron chi connectivity index (χ2n) is 3.21. The highest BCUT2D eigenvalue weighted by Gasteiger charge is 2.30. The Labute approximate surface area is 55.4 Å². The van der Waals surface area contributed by atoms with Crippen molar-refractivity contribution in [2.75, 3.05) is 0 Å². The molecule has 9 heavy (non-hydrogen) atoms. The van der Waals surface area contributed by atoms with E-state index in [2.05, 4.69) is 6.08 Å². The Morgan fingerprint density at radius 1 is 1.22 bits per heavy atom. The molecule has 1 nitrogen and oxygen atoms in total. The first-order valence-electron chi connectivity index (χ1n) is 3.72. The van der Waals surface area contributed by atoms with E-state index in [1.54, 1.807) is 0 Å². The quantitative estimate of drug-likeness (QED) is 0.483. The minimum atomic E-state index is -0.122. The summed E-state index contributed by atoms with van der Waals surface area (Å²) >= 11 is 0. The molecule has 2 aliphatic carbocycles. The fraction of sp³-hybridized carbons (Fsp3) is 0.750. The highest BCUT2D eigenvalue weighted by molar-refractivity contribution is 5.05. The normalized spacial score (nSPS) is 47.9. The van der Waals surface area contributed by atoms with Crippen LogP contribution in [0.4, 0.5) is 0 Å². The molecule has 0 aromatic carbocycles. The minimum absolute atomic E-state index is 0.122. The van der Waals surface area contributed by atoms with Crippen molar-refractivity contribution in [1.29, 1.82) is 0 Å². The summed E-state index contributed by atoms with van der Waals surface area (Å²) in [5.74, 6) is 1.40. The van der Waals surface area contributed by atoms with Crippen molar-refractivity contribution in [3.05, 3.63) is 12.2 Å². The van der Waals surface area contributed by atoms with E-state index in [4.69, 9.17) is 0 Å². The summed E-state index contributed by atoms with van der Waals surface area (Å²) in [7, 11) is 0. The standard InChI is InChI=1S/C8H12O/c9-8-4-2-6-1-3-7(8)5-6/h2,4,6-9H,1,3,5H2/t6-,7-,8+/m0/s1. The van der Waals surface area contributed by atoms with Gasteiger partial charge in [0, 0.05) is 0 Å². The maximum absolute atomic E-state index is 9.31. The summed E-state index contributed by atoms with van der Waals surface area (Å²) in [6, 6.07) is 0. The monoisotopic (exact) mass is 124 g/mol. The van der Waals surface area contributed by atoms with Gasteiger partial charge in [-0.15, -0.1) is 0 Å². The van der Waals surface area contributed by atoms with Crippen molar-refractivity contribution in [2.24, 2.45) is 11.8 Å². The minimum Gasteiger partial charge on any atom is -0.389 e. The lowest BCUT2D eigenvalue weighted by molar-refractivity contribution is 0.149. The molecule has 2 rings (SSSR count). The molecule has 0 aromatic heterocycles. The molecule has 0 saturated heterocycles. The van der Waals surface area contributed by atoms with Crippen molar-refractivity contribution in [3.8, 4) is 0 Å². The highest BCUT2D eigenvalue weighted by Crippen LogP contribution is 2.37. The Kier molecular flexibility index (Phi) is 1.12. The number of hydrogen-bond acceptors (Lipinski definition) is 1. The van der Waals surface area contributed by atoms with Crippen LogP contribution < -0.4 is 0 Å². The molecular weight excluding hydrogens is 112 g/mol. The SMILES string of the molecule is O[C@@H]1C=C[C@@H]2CC[C@H]1C2. The largest absolute Gasteiger partial charge is 0.389 e. The van der Waals surface area contributed by atoms with E-state index in [-0.39, 0.29) is 6.10 Å². The fourth-order valence-corrected chi connectivity index (χ4v) is 1.97. The summed E-state index contributed by atoms with van der Waals surface area (Å²) in [5.41, 5.74) is 0. The zero-order valence-electron chi connectivity index (χ0n) is 5.46. The van der Waals surface area contributed by atoms with E-state index in [0.29, 0.717) is 5.92 Å². The second kappa shape index (κ2) is 1.84. The van der Waals surface area contributed by atoms with Gasteiger partial charge in [-0.3, -0.25) is 0 Å². The van der Waals surface area contributed by atoms with Crippen LogP contribution in [-0.4, -0.2) is 11.2 Å². The molecule has 2 bridgehead atoms. The predicted octanol–water partition coefficient (Wildman–Crippen LogP) is 1.33. The Hall–Kier alpha value is -0.300. The number of aliphatic hydroxyl groups is 1. The number of rotatable bonds is 0. The Balaban J connectivity index is 2.19. The zero-order chi connectivity index (χ0) is 6.27. The van der Waals surface area contributed by atoms with Crippen LogP contribution in [0.25, 0.3) is 0 Å². The Bertz CT molecular complexity index is 140. The maximum atomic E-state index is 9.31. The van der Waals surface area contributed by atoms with Crippen LogP contribution in [0.3, 0.4) is 0 Å². The van der Waals surface area contributed by atoms with Crippen LogP contribution in [0.1, 0.15) is 19.3 Å². The Morgan fingerprint density at radius 3 is 2.89 bits per heavy atom. The van der Waals surface area contributed by atoms with Gasteiger partial charge in [-0.2, -0.15) is 0 Å². The molecule has 1 fully saturated rings. The molecule has 0 aromatic rings. The average Bonchev–Trinajstić information content (AvgIpc) is 2.25. The smallest absolute Gasteiger partial charge is 0.0749 e. The van der Waals surface area contributed by atoms with Crippen molar-refractivity contribution in [1.82, 2.24) is 0 Å². The van der Waals surface area contributed by atoms with Gasteiger partial charge in [0.1, 0.15) is 0 Å². The third-order valence-electron chi connectivity index (χ3n) is 2.58. The van der Waals surface area contributed by atoms with Crippen molar-refractivity contribution in [3.63, 3.8) is 0 Å². The van der Waals surface area contributed by atoms with Gasteiger partial charge in [-0.1, -0.05) is 12.2 Å². The van der Waals surface area contributed by atoms with Crippen LogP contribution in [0, 0.1) is 11.8 Å². The molecule has 0 aliphatic heterocycles. The van der Waals surface area contributed by atoms with Crippen molar-refractivity contribution in [2.45, 2.75) is 25.4 Å². The zero-order valence-corrected chi connectivity index (χ0v) is 5.46. The van der Waals surface area contributed by atoms with E-state index in [9.17, 15) is 5.11 Å². The van der Waals surface area contributed by atoms with E-state index in [1.165, 1.54) is 19.3 Å². The molecule has 1 heteroatoms. The van der Waals surface area contributed by atoms with E-state index in [0.717, 1.165) is 5.92 Å². The number of allylic oxidation sites excluding steroid dienone is 1. The van der Waals surface area contributed by atoms with E-state index < -0.39 is 0 Å². The van der Waals surface area contributed by atoms with Crippen LogP contribution >= 0.6 is 0 Å². The average molecular weight is 124 g/mol. The Morgan fingerprint density at radius 2 is 2.11 bits per heavy atom. The van der Waals surface area contributed by atoms with Gasteiger partial charge < -0.3 is 5.11 Å². The number of aliphatic hydroxyl groups excluding tert-OH is 1. The summed E-state index contributed by atoms with van der Waals surface area (Å²) in [6.45, 7) is 0. The molecule has 1 N–H and O–H groups in total. The summed E-state index contributed by atoms with van der Waals surface area (Å²) in [6.07, 6.45) is 7.79. The molecule has 50 valence electrons. The lowest BCUT2D eigenvalue weighted by atomic mass is 9.93. The first-order valence-corrected chi connectivity index (χ1v) is 3.72. The topological polar surface area (TPSA) is 20.2 Å². The van der Waals surface area contributed by atoms with E-state index in [1.807, 2.05) is 6.08 Å². The molecule has 2 aliphatic rings.